The molecule has 1 aliphatic carbocycles. The first-order valence-electron chi connectivity index (χ1n) is 6.96. The molecule has 0 aromatic carbocycles. The molecule has 6 heteroatoms. The first kappa shape index (κ1) is 14.9. The van der Waals surface area contributed by atoms with Crippen LogP contribution in [0.1, 0.15) is 49.4 Å². The number of sulfone groups is 1. The molecule has 0 bridgehead atoms. The van der Waals surface area contributed by atoms with Gasteiger partial charge >= 0.3 is 0 Å². The molecule has 1 fully saturated rings. The van der Waals surface area contributed by atoms with Gasteiger partial charge in [-0.1, -0.05) is 19.3 Å². The summed E-state index contributed by atoms with van der Waals surface area (Å²) in [4.78, 5) is 0.155. The zero-order chi connectivity index (χ0) is 14.9. The molecule has 1 aromatic rings. The van der Waals surface area contributed by atoms with Crippen LogP contribution >= 0.6 is 0 Å². The van der Waals surface area contributed by atoms with Gasteiger partial charge in [-0.05, 0) is 32.3 Å². The second-order valence-corrected chi connectivity index (χ2v) is 7.43. The Hall–Kier alpha value is -1.48. The average Bonchev–Trinajstić information content (AvgIpc) is 2.61. The topological polar surface area (TPSA) is 88.9 Å². The Morgan fingerprint density at radius 3 is 2.45 bits per heavy atom. The van der Waals surface area contributed by atoms with Crippen molar-refractivity contribution in [1.82, 2.24) is 4.57 Å². The molecule has 0 radical (unpaired) electrons. The van der Waals surface area contributed by atoms with E-state index in [-0.39, 0.29) is 10.9 Å². The highest BCUT2D eigenvalue weighted by Crippen LogP contribution is 2.37. The lowest BCUT2D eigenvalue weighted by atomic mass is 9.95. The number of nitrogens with zero attached hydrogens (tertiary/aromatic N) is 2. The molecule has 2 N–H and O–H groups in total. The normalized spacial score (nSPS) is 17.1. The Kier molecular flexibility index (Phi) is 4.09. The van der Waals surface area contributed by atoms with E-state index in [1.54, 1.807) is 13.0 Å². The Bertz CT molecular complexity index is 647. The number of aromatic nitrogens is 1. The summed E-state index contributed by atoms with van der Waals surface area (Å²) in [6.45, 7) is 3.68. The van der Waals surface area contributed by atoms with Gasteiger partial charge in [0.05, 0.1) is 6.07 Å². The van der Waals surface area contributed by atoms with Crippen LogP contribution in [0.15, 0.2) is 4.90 Å². The average molecular weight is 295 g/mol. The van der Waals surface area contributed by atoms with Crippen molar-refractivity contribution in [2.24, 2.45) is 0 Å². The number of hydrogen-bond donors (Lipinski definition) is 1. The minimum absolute atomic E-state index is 0.155. The fraction of sp³-hybridized carbons (Fsp3) is 0.643. The summed E-state index contributed by atoms with van der Waals surface area (Å²) in [6.07, 6.45) is 5.62. The highest BCUT2D eigenvalue weighted by molar-refractivity contribution is 7.91. The van der Waals surface area contributed by atoms with Crippen LogP contribution in [0.3, 0.4) is 0 Å². The lowest BCUT2D eigenvalue weighted by molar-refractivity contribution is 0.352. The Morgan fingerprint density at radius 1 is 1.30 bits per heavy atom. The summed E-state index contributed by atoms with van der Waals surface area (Å²) >= 11 is 0. The lowest BCUT2D eigenvalue weighted by Crippen LogP contribution is -2.17. The number of rotatable bonds is 3. The van der Waals surface area contributed by atoms with Crippen molar-refractivity contribution in [3.63, 3.8) is 0 Å². The minimum atomic E-state index is -3.62. The van der Waals surface area contributed by atoms with Crippen molar-refractivity contribution in [1.29, 1.82) is 5.26 Å². The Morgan fingerprint density at radius 2 is 1.90 bits per heavy atom. The largest absolute Gasteiger partial charge is 0.384 e. The fourth-order valence-electron chi connectivity index (χ4n) is 3.19. The number of nitrogen functional groups attached to an aromatic ring is 1. The maximum Gasteiger partial charge on any atom is 0.195 e. The molecule has 2 rings (SSSR count). The molecule has 5 nitrogen and oxygen atoms in total. The van der Waals surface area contributed by atoms with Crippen molar-refractivity contribution >= 4 is 15.7 Å². The van der Waals surface area contributed by atoms with E-state index < -0.39 is 15.6 Å². The standard InChI is InChI=1S/C14H21N3O2S/c1-10-11(2)17(12-6-4-3-5-7-12)14(16)13(10)20(18,19)9-8-15/h12H,3-7,9,16H2,1-2H3. The fourth-order valence-corrected chi connectivity index (χ4v) is 4.53. The van der Waals surface area contributed by atoms with Gasteiger partial charge in [0.15, 0.2) is 9.84 Å². The molecule has 1 aromatic heterocycles. The molecule has 0 amide bonds. The van der Waals surface area contributed by atoms with Crippen LogP contribution in [0.2, 0.25) is 0 Å². The van der Waals surface area contributed by atoms with Crippen LogP contribution in [0.5, 0.6) is 0 Å². The number of hydrogen-bond acceptors (Lipinski definition) is 4. The van der Waals surface area contributed by atoms with E-state index in [0.29, 0.717) is 11.4 Å². The SMILES string of the molecule is Cc1c(S(=O)(=O)CC#N)c(N)n(C2CCCCC2)c1C. The Labute approximate surface area is 120 Å². The third kappa shape index (κ3) is 2.42. The van der Waals surface area contributed by atoms with E-state index in [1.165, 1.54) is 6.42 Å². The van der Waals surface area contributed by atoms with E-state index in [9.17, 15) is 8.42 Å². The highest BCUT2D eigenvalue weighted by Gasteiger charge is 2.29. The first-order chi connectivity index (χ1) is 9.40. The second kappa shape index (κ2) is 5.49. The molecular formula is C14H21N3O2S. The van der Waals surface area contributed by atoms with E-state index in [0.717, 1.165) is 31.4 Å². The first-order valence-corrected chi connectivity index (χ1v) is 8.62. The maximum atomic E-state index is 12.2. The van der Waals surface area contributed by atoms with E-state index in [4.69, 9.17) is 11.0 Å². The summed E-state index contributed by atoms with van der Waals surface area (Å²) in [5.74, 6) is -0.214. The van der Waals surface area contributed by atoms with E-state index >= 15 is 0 Å². The van der Waals surface area contributed by atoms with Crippen LogP contribution in [0.4, 0.5) is 5.82 Å². The quantitative estimate of drug-likeness (QED) is 0.927. The summed E-state index contributed by atoms with van der Waals surface area (Å²) in [6, 6.07) is 2.00. The zero-order valence-electron chi connectivity index (χ0n) is 12.0. The summed E-state index contributed by atoms with van der Waals surface area (Å²) in [5, 5.41) is 8.69. The minimum Gasteiger partial charge on any atom is -0.384 e. The molecule has 1 heterocycles. The summed E-state index contributed by atoms with van der Waals surface area (Å²) in [7, 11) is -3.62. The number of nitriles is 1. The van der Waals surface area contributed by atoms with Gasteiger partial charge in [0.25, 0.3) is 0 Å². The van der Waals surface area contributed by atoms with Gasteiger partial charge in [0.1, 0.15) is 16.5 Å². The maximum absolute atomic E-state index is 12.2. The summed E-state index contributed by atoms with van der Waals surface area (Å²) in [5.41, 5.74) is 7.72. The van der Waals surface area contributed by atoms with Gasteiger partial charge in [-0.25, -0.2) is 8.42 Å². The van der Waals surface area contributed by atoms with Crippen LogP contribution in [-0.4, -0.2) is 18.7 Å². The molecule has 1 aliphatic rings. The molecule has 1 saturated carbocycles. The van der Waals surface area contributed by atoms with Crippen LogP contribution in [0.25, 0.3) is 0 Å². The third-order valence-corrected chi connectivity index (χ3v) is 5.89. The van der Waals surface area contributed by atoms with E-state index in [2.05, 4.69) is 0 Å². The molecule has 0 aliphatic heterocycles. The van der Waals surface area contributed by atoms with Crippen LogP contribution < -0.4 is 5.73 Å². The van der Waals surface area contributed by atoms with Crippen molar-refractivity contribution in [3.05, 3.63) is 11.3 Å². The van der Waals surface area contributed by atoms with Gasteiger partial charge in [-0.15, -0.1) is 0 Å². The van der Waals surface area contributed by atoms with Gasteiger partial charge in [-0.2, -0.15) is 5.26 Å². The summed E-state index contributed by atoms with van der Waals surface area (Å²) < 4.78 is 26.4. The Balaban J connectivity index is 2.54. The lowest BCUT2D eigenvalue weighted by Gasteiger charge is -2.26. The smallest absolute Gasteiger partial charge is 0.195 e. The number of nitrogens with two attached hydrogens (primary N) is 1. The van der Waals surface area contributed by atoms with Crippen molar-refractivity contribution in [3.8, 4) is 6.07 Å². The zero-order valence-corrected chi connectivity index (χ0v) is 12.8. The van der Waals surface area contributed by atoms with Gasteiger partial charge in [0, 0.05) is 11.7 Å². The monoisotopic (exact) mass is 295 g/mol. The molecule has 0 saturated heterocycles. The van der Waals surface area contributed by atoms with Crippen molar-refractivity contribution in [2.75, 3.05) is 11.5 Å². The van der Waals surface area contributed by atoms with Gasteiger partial charge in [-0.3, -0.25) is 0 Å². The highest BCUT2D eigenvalue weighted by atomic mass is 32.2. The number of anilines is 1. The molecule has 0 spiro atoms. The van der Waals surface area contributed by atoms with Crippen LogP contribution in [-0.2, 0) is 9.84 Å². The van der Waals surface area contributed by atoms with Crippen molar-refractivity contribution in [2.45, 2.75) is 56.9 Å². The molecular weight excluding hydrogens is 274 g/mol. The van der Waals surface area contributed by atoms with Crippen LogP contribution in [0, 0.1) is 25.2 Å². The van der Waals surface area contributed by atoms with Gasteiger partial charge < -0.3 is 10.3 Å². The third-order valence-electron chi connectivity index (χ3n) is 4.24. The predicted molar refractivity (Wildman–Crippen MR) is 78.1 cm³/mol. The molecule has 0 atom stereocenters. The predicted octanol–water partition coefficient (Wildman–Crippen LogP) is 2.49. The molecule has 20 heavy (non-hydrogen) atoms. The molecule has 110 valence electrons. The van der Waals surface area contributed by atoms with Gasteiger partial charge in [0.2, 0.25) is 0 Å². The van der Waals surface area contributed by atoms with Crippen molar-refractivity contribution < 1.29 is 8.42 Å². The second-order valence-electron chi connectivity index (χ2n) is 5.50. The molecule has 0 unspecified atom stereocenters. The van der Waals surface area contributed by atoms with E-state index in [1.807, 2.05) is 11.5 Å².